The van der Waals surface area contributed by atoms with E-state index in [0.717, 1.165) is 24.5 Å². The Morgan fingerprint density at radius 1 is 1.26 bits per heavy atom. The molecule has 4 heteroatoms. The van der Waals surface area contributed by atoms with Crippen LogP contribution in [0.3, 0.4) is 0 Å². The molecule has 106 valence electrons. The summed E-state index contributed by atoms with van der Waals surface area (Å²) < 4.78 is 0. The predicted octanol–water partition coefficient (Wildman–Crippen LogP) is 2.63. The van der Waals surface area contributed by atoms with Crippen LogP contribution in [0.15, 0.2) is 24.3 Å². The van der Waals surface area contributed by atoms with Gasteiger partial charge < -0.3 is 10.6 Å². The lowest BCUT2D eigenvalue weighted by Gasteiger charge is -2.18. The van der Waals surface area contributed by atoms with Gasteiger partial charge in [0.15, 0.2) is 0 Å². The average Bonchev–Trinajstić information content (AvgIpc) is 2.38. The minimum Gasteiger partial charge on any atom is -0.353 e. The summed E-state index contributed by atoms with van der Waals surface area (Å²) >= 11 is 5.85. The summed E-state index contributed by atoms with van der Waals surface area (Å²) in [6, 6.07) is 7.86. The Morgan fingerprint density at radius 3 is 2.47 bits per heavy atom. The van der Waals surface area contributed by atoms with Crippen molar-refractivity contribution in [2.24, 2.45) is 5.92 Å². The van der Waals surface area contributed by atoms with Gasteiger partial charge in [-0.25, -0.2) is 0 Å². The van der Waals surface area contributed by atoms with Gasteiger partial charge in [-0.3, -0.25) is 4.79 Å². The molecular formula is C15H23ClN2O. The average molecular weight is 283 g/mol. The maximum Gasteiger partial charge on any atom is 0.224 e. The molecule has 2 N–H and O–H groups in total. The molecule has 0 aliphatic carbocycles. The van der Waals surface area contributed by atoms with Crippen LogP contribution in [0.2, 0.25) is 5.02 Å². The Balaban J connectivity index is 2.39. The Morgan fingerprint density at radius 2 is 1.89 bits per heavy atom. The third kappa shape index (κ3) is 6.08. The number of benzene rings is 1. The SMILES string of the molecule is CCNCC(C)C(=O)NC(C)Cc1ccc(Cl)cc1. The second-order valence-electron chi connectivity index (χ2n) is 4.95. The van der Waals surface area contributed by atoms with E-state index in [-0.39, 0.29) is 17.9 Å². The van der Waals surface area contributed by atoms with Gasteiger partial charge in [0.2, 0.25) is 5.91 Å². The highest BCUT2D eigenvalue weighted by Crippen LogP contribution is 2.11. The summed E-state index contributed by atoms with van der Waals surface area (Å²) in [6.07, 6.45) is 0.816. The van der Waals surface area contributed by atoms with Crippen LogP contribution in [0.25, 0.3) is 0 Å². The smallest absolute Gasteiger partial charge is 0.224 e. The number of carbonyl (C=O) groups excluding carboxylic acids is 1. The van der Waals surface area contributed by atoms with Gasteiger partial charge in [-0.2, -0.15) is 0 Å². The van der Waals surface area contributed by atoms with E-state index in [1.807, 2.05) is 45.0 Å². The molecule has 0 fully saturated rings. The summed E-state index contributed by atoms with van der Waals surface area (Å²) in [5, 5.41) is 6.96. The normalized spacial score (nSPS) is 13.9. The van der Waals surface area contributed by atoms with E-state index < -0.39 is 0 Å². The van der Waals surface area contributed by atoms with Crippen molar-refractivity contribution in [3.63, 3.8) is 0 Å². The summed E-state index contributed by atoms with van der Waals surface area (Å²) in [6.45, 7) is 7.60. The fourth-order valence-corrected chi connectivity index (χ4v) is 1.99. The van der Waals surface area contributed by atoms with E-state index >= 15 is 0 Å². The van der Waals surface area contributed by atoms with E-state index in [4.69, 9.17) is 11.6 Å². The summed E-state index contributed by atoms with van der Waals surface area (Å²) in [5.74, 6) is 0.0926. The molecule has 0 heterocycles. The minimum atomic E-state index is -0.00684. The quantitative estimate of drug-likeness (QED) is 0.807. The van der Waals surface area contributed by atoms with Crippen LogP contribution in [0.1, 0.15) is 26.3 Å². The third-order valence-corrected chi connectivity index (χ3v) is 3.24. The van der Waals surface area contributed by atoms with E-state index in [2.05, 4.69) is 10.6 Å². The molecule has 0 saturated heterocycles. The molecule has 1 aromatic carbocycles. The van der Waals surface area contributed by atoms with Crippen molar-refractivity contribution < 1.29 is 4.79 Å². The van der Waals surface area contributed by atoms with Gasteiger partial charge in [0.25, 0.3) is 0 Å². The number of carbonyl (C=O) groups is 1. The van der Waals surface area contributed by atoms with Gasteiger partial charge in [-0.1, -0.05) is 37.6 Å². The van der Waals surface area contributed by atoms with Crippen LogP contribution in [0, 0.1) is 5.92 Å². The standard InChI is InChI=1S/C15H23ClN2O/c1-4-17-10-11(2)15(19)18-12(3)9-13-5-7-14(16)8-6-13/h5-8,11-12,17H,4,9-10H2,1-3H3,(H,18,19). The molecular weight excluding hydrogens is 260 g/mol. The minimum absolute atomic E-state index is 0.00684. The monoisotopic (exact) mass is 282 g/mol. The predicted molar refractivity (Wildman–Crippen MR) is 80.5 cm³/mol. The highest BCUT2D eigenvalue weighted by atomic mass is 35.5. The Hall–Kier alpha value is -1.06. The molecule has 0 aromatic heterocycles. The zero-order valence-electron chi connectivity index (χ0n) is 11.9. The van der Waals surface area contributed by atoms with E-state index in [1.54, 1.807) is 0 Å². The molecule has 1 amide bonds. The van der Waals surface area contributed by atoms with Crippen molar-refractivity contribution in [2.45, 2.75) is 33.2 Å². The van der Waals surface area contributed by atoms with Crippen molar-refractivity contribution in [3.05, 3.63) is 34.9 Å². The van der Waals surface area contributed by atoms with Gasteiger partial charge in [0.1, 0.15) is 0 Å². The first-order chi connectivity index (χ1) is 9.02. The highest BCUT2D eigenvalue weighted by Gasteiger charge is 2.14. The second kappa shape index (κ2) is 8.18. The topological polar surface area (TPSA) is 41.1 Å². The lowest BCUT2D eigenvalue weighted by molar-refractivity contribution is -0.124. The first-order valence-electron chi connectivity index (χ1n) is 6.78. The number of nitrogens with one attached hydrogen (secondary N) is 2. The van der Waals surface area contributed by atoms with Crippen molar-refractivity contribution in [2.75, 3.05) is 13.1 Å². The first-order valence-corrected chi connectivity index (χ1v) is 7.16. The van der Waals surface area contributed by atoms with E-state index in [9.17, 15) is 4.79 Å². The van der Waals surface area contributed by atoms with Crippen LogP contribution < -0.4 is 10.6 Å². The highest BCUT2D eigenvalue weighted by molar-refractivity contribution is 6.30. The maximum atomic E-state index is 11.9. The van der Waals surface area contributed by atoms with Crippen LogP contribution in [0.5, 0.6) is 0 Å². The van der Waals surface area contributed by atoms with Crippen LogP contribution in [-0.4, -0.2) is 25.0 Å². The Kier molecular flexibility index (Phi) is 6.89. The largest absolute Gasteiger partial charge is 0.353 e. The molecule has 0 aliphatic heterocycles. The van der Waals surface area contributed by atoms with Crippen LogP contribution >= 0.6 is 11.6 Å². The first kappa shape index (κ1) is 16.0. The molecule has 0 bridgehead atoms. The van der Waals surface area contributed by atoms with Gasteiger partial charge in [-0.05, 0) is 37.6 Å². The van der Waals surface area contributed by atoms with Gasteiger partial charge >= 0.3 is 0 Å². The Labute approximate surface area is 120 Å². The molecule has 2 atom stereocenters. The number of halogens is 1. The zero-order valence-corrected chi connectivity index (χ0v) is 12.6. The lowest BCUT2D eigenvalue weighted by atomic mass is 10.1. The maximum absolute atomic E-state index is 11.9. The second-order valence-corrected chi connectivity index (χ2v) is 5.39. The third-order valence-electron chi connectivity index (χ3n) is 2.99. The summed E-state index contributed by atoms with van der Waals surface area (Å²) in [4.78, 5) is 11.9. The molecule has 0 spiro atoms. The van der Waals surface area contributed by atoms with Crippen LogP contribution in [-0.2, 0) is 11.2 Å². The number of amides is 1. The lowest BCUT2D eigenvalue weighted by Crippen LogP contribution is -2.40. The summed E-state index contributed by atoms with van der Waals surface area (Å²) in [5.41, 5.74) is 1.18. The molecule has 2 unspecified atom stereocenters. The molecule has 19 heavy (non-hydrogen) atoms. The Bertz CT molecular complexity index is 392. The van der Waals surface area contributed by atoms with Gasteiger partial charge in [-0.15, -0.1) is 0 Å². The summed E-state index contributed by atoms with van der Waals surface area (Å²) in [7, 11) is 0. The van der Waals surface area contributed by atoms with Gasteiger partial charge in [0.05, 0.1) is 0 Å². The van der Waals surface area contributed by atoms with E-state index in [0.29, 0.717) is 0 Å². The van der Waals surface area contributed by atoms with Crippen molar-refractivity contribution in [3.8, 4) is 0 Å². The van der Waals surface area contributed by atoms with Crippen LogP contribution in [0.4, 0.5) is 0 Å². The van der Waals surface area contributed by atoms with Crippen molar-refractivity contribution >= 4 is 17.5 Å². The van der Waals surface area contributed by atoms with E-state index in [1.165, 1.54) is 5.56 Å². The number of hydrogen-bond donors (Lipinski definition) is 2. The molecule has 1 aromatic rings. The number of rotatable bonds is 7. The molecule has 0 aliphatic rings. The fourth-order valence-electron chi connectivity index (χ4n) is 1.86. The molecule has 3 nitrogen and oxygen atoms in total. The van der Waals surface area contributed by atoms with Crippen molar-refractivity contribution in [1.82, 2.24) is 10.6 Å². The number of hydrogen-bond acceptors (Lipinski definition) is 2. The molecule has 0 saturated carbocycles. The van der Waals surface area contributed by atoms with Crippen molar-refractivity contribution in [1.29, 1.82) is 0 Å². The van der Waals surface area contributed by atoms with Gasteiger partial charge in [0, 0.05) is 23.5 Å². The zero-order chi connectivity index (χ0) is 14.3. The fraction of sp³-hybridized carbons (Fsp3) is 0.533. The molecule has 1 rings (SSSR count). The molecule has 0 radical (unpaired) electrons.